The van der Waals surface area contributed by atoms with Gasteiger partial charge in [-0.25, -0.2) is 0 Å². The van der Waals surface area contributed by atoms with E-state index in [1.807, 2.05) is 69.3 Å². The van der Waals surface area contributed by atoms with Crippen LogP contribution in [-0.4, -0.2) is 23.4 Å². The SMILES string of the molecule is CCOc1ccc(/C(O)=C2\C(=O)C(=O)N(c3ccc(C)cc3C)C2c2ccccc2)cc1. The van der Waals surface area contributed by atoms with Crippen molar-refractivity contribution in [1.29, 1.82) is 0 Å². The van der Waals surface area contributed by atoms with Crippen LogP contribution in [0, 0.1) is 13.8 Å². The number of Topliss-reactive ketones (excluding diaryl/α,β-unsaturated/α-hetero) is 1. The summed E-state index contributed by atoms with van der Waals surface area (Å²) in [6, 6.07) is 21.2. The molecule has 1 unspecified atom stereocenters. The first-order chi connectivity index (χ1) is 15.4. The molecule has 1 saturated heterocycles. The summed E-state index contributed by atoms with van der Waals surface area (Å²) in [5.74, 6) is -0.893. The molecule has 0 bridgehead atoms. The fourth-order valence-electron chi connectivity index (χ4n) is 4.14. The normalized spacial score (nSPS) is 17.6. The number of nitrogens with zero attached hydrogens (tertiary/aromatic N) is 1. The Bertz CT molecular complexity index is 1200. The fourth-order valence-corrected chi connectivity index (χ4v) is 4.14. The number of anilines is 1. The zero-order valence-corrected chi connectivity index (χ0v) is 18.3. The van der Waals surface area contributed by atoms with Gasteiger partial charge in [-0.1, -0.05) is 48.0 Å². The molecule has 1 aliphatic heterocycles. The average Bonchev–Trinajstić information content (AvgIpc) is 3.05. The molecule has 3 aromatic rings. The number of benzene rings is 3. The molecule has 32 heavy (non-hydrogen) atoms. The number of hydrogen-bond donors (Lipinski definition) is 1. The van der Waals surface area contributed by atoms with E-state index in [1.54, 1.807) is 24.3 Å². The van der Waals surface area contributed by atoms with E-state index < -0.39 is 17.7 Å². The summed E-state index contributed by atoms with van der Waals surface area (Å²) in [6.07, 6.45) is 0. The number of hydrogen-bond acceptors (Lipinski definition) is 4. The van der Waals surface area contributed by atoms with Crippen molar-refractivity contribution >= 4 is 23.1 Å². The Morgan fingerprint density at radius 2 is 1.66 bits per heavy atom. The van der Waals surface area contributed by atoms with Gasteiger partial charge in [-0.2, -0.15) is 0 Å². The van der Waals surface area contributed by atoms with Gasteiger partial charge in [0.1, 0.15) is 11.5 Å². The summed E-state index contributed by atoms with van der Waals surface area (Å²) < 4.78 is 5.47. The molecule has 1 N–H and O–H groups in total. The first kappa shape index (κ1) is 21.4. The molecule has 1 heterocycles. The highest BCUT2D eigenvalue weighted by molar-refractivity contribution is 6.51. The van der Waals surface area contributed by atoms with Gasteiger partial charge in [-0.15, -0.1) is 0 Å². The molecule has 3 aromatic carbocycles. The van der Waals surface area contributed by atoms with Gasteiger partial charge in [0, 0.05) is 11.3 Å². The second-order valence-electron chi connectivity index (χ2n) is 7.83. The van der Waals surface area contributed by atoms with Crippen LogP contribution in [0.1, 0.15) is 35.2 Å². The molecule has 0 aromatic heterocycles. The Hall–Kier alpha value is -3.86. The lowest BCUT2D eigenvalue weighted by Crippen LogP contribution is -2.30. The fraction of sp³-hybridized carbons (Fsp3) is 0.185. The summed E-state index contributed by atoms with van der Waals surface area (Å²) in [6.45, 7) is 6.31. The summed E-state index contributed by atoms with van der Waals surface area (Å²) in [5.41, 5.74) is 3.87. The summed E-state index contributed by atoms with van der Waals surface area (Å²) in [4.78, 5) is 27.9. The molecule has 4 rings (SSSR count). The number of aliphatic hydroxyl groups excluding tert-OH is 1. The number of carbonyl (C=O) groups is 2. The number of ether oxygens (including phenoxy) is 1. The predicted octanol–water partition coefficient (Wildman–Crippen LogP) is 5.33. The van der Waals surface area contributed by atoms with Crippen molar-refractivity contribution in [2.75, 3.05) is 11.5 Å². The molecule has 0 aliphatic carbocycles. The molecule has 0 spiro atoms. The van der Waals surface area contributed by atoms with Crippen LogP contribution < -0.4 is 9.64 Å². The molecule has 0 saturated carbocycles. The van der Waals surface area contributed by atoms with Crippen LogP contribution >= 0.6 is 0 Å². The van der Waals surface area contributed by atoms with Crippen LogP contribution in [0.2, 0.25) is 0 Å². The lowest BCUT2D eigenvalue weighted by molar-refractivity contribution is -0.132. The molecule has 5 heteroatoms. The second kappa shape index (κ2) is 8.71. The number of carbonyl (C=O) groups excluding carboxylic acids is 2. The highest BCUT2D eigenvalue weighted by Crippen LogP contribution is 2.43. The van der Waals surface area contributed by atoms with E-state index in [9.17, 15) is 14.7 Å². The third-order valence-corrected chi connectivity index (χ3v) is 5.61. The molecule has 5 nitrogen and oxygen atoms in total. The second-order valence-corrected chi connectivity index (χ2v) is 7.83. The van der Waals surface area contributed by atoms with Crippen molar-refractivity contribution in [3.05, 3.63) is 101 Å². The molecule has 162 valence electrons. The Kier molecular flexibility index (Phi) is 5.82. The topological polar surface area (TPSA) is 66.8 Å². The number of aliphatic hydroxyl groups is 1. The van der Waals surface area contributed by atoms with Crippen molar-refractivity contribution in [2.45, 2.75) is 26.8 Å². The highest BCUT2D eigenvalue weighted by Gasteiger charge is 2.47. The number of rotatable bonds is 5. The van der Waals surface area contributed by atoms with Gasteiger partial charge < -0.3 is 9.84 Å². The summed E-state index contributed by atoms with van der Waals surface area (Å²) >= 11 is 0. The third kappa shape index (κ3) is 3.78. The number of amides is 1. The van der Waals surface area contributed by atoms with Crippen LogP contribution in [0.15, 0.2) is 78.4 Å². The largest absolute Gasteiger partial charge is 0.507 e. The van der Waals surface area contributed by atoms with Gasteiger partial charge in [-0.3, -0.25) is 14.5 Å². The third-order valence-electron chi connectivity index (χ3n) is 5.61. The van der Waals surface area contributed by atoms with Gasteiger partial charge in [0.05, 0.1) is 18.2 Å². The van der Waals surface area contributed by atoms with Crippen molar-refractivity contribution in [2.24, 2.45) is 0 Å². The minimum atomic E-state index is -0.732. The molecule has 1 aliphatic rings. The van der Waals surface area contributed by atoms with Crippen LogP contribution in [0.4, 0.5) is 5.69 Å². The van der Waals surface area contributed by atoms with Crippen molar-refractivity contribution < 1.29 is 19.4 Å². The van der Waals surface area contributed by atoms with Gasteiger partial charge in [-0.05, 0) is 62.2 Å². The van der Waals surface area contributed by atoms with Gasteiger partial charge in [0.25, 0.3) is 11.7 Å². The zero-order chi connectivity index (χ0) is 22.8. The number of ketones is 1. The molecular formula is C27H25NO4. The minimum absolute atomic E-state index is 0.0744. The van der Waals surface area contributed by atoms with Crippen molar-refractivity contribution in [3.8, 4) is 5.75 Å². The Morgan fingerprint density at radius 1 is 0.969 bits per heavy atom. The molecule has 1 amide bonds. The van der Waals surface area contributed by atoms with Crippen molar-refractivity contribution in [1.82, 2.24) is 0 Å². The Morgan fingerprint density at radius 3 is 2.28 bits per heavy atom. The molecule has 1 fully saturated rings. The van der Waals surface area contributed by atoms with E-state index in [0.717, 1.165) is 16.7 Å². The zero-order valence-electron chi connectivity index (χ0n) is 18.3. The Balaban J connectivity index is 1.90. The lowest BCUT2D eigenvalue weighted by atomic mass is 9.95. The van der Waals surface area contributed by atoms with Crippen LogP contribution in [0.3, 0.4) is 0 Å². The van der Waals surface area contributed by atoms with E-state index in [0.29, 0.717) is 23.6 Å². The molecule has 0 radical (unpaired) electrons. The quantitative estimate of drug-likeness (QED) is 0.340. The van der Waals surface area contributed by atoms with Gasteiger partial charge >= 0.3 is 0 Å². The first-order valence-corrected chi connectivity index (χ1v) is 10.6. The number of aryl methyl sites for hydroxylation is 2. The van der Waals surface area contributed by atoms with Crippen molar-refractivity contribution in [3.63, 3.8) is 0 Å². The maximum atomic E-state index is 13.2. The maximum Gasteiger partial charge on any atom is 0.300 e. The minimum Gasteiger partial charge on any atom is -0.507 e. The van der Waals surface area contributed by atoms with Gasteiger partial charge in [0.15, 0.2) is 0 Å². The monoisotopic (exact) mass is 427 g/mol. The first-order valence-electron chi connectivity index (χ1n) is 10.6. The average molecular weight is 428 g/mol. The van der Waals surface area contributed by atoms with E-state index in [-0.39, 0.29) is 11.3 Å². The van der Waals surface area contributed by atoms with Crippen LogP contribution in [0.25, 0.3) is 5.76 Å². The predicted molar refractivity (Wildman–Crippen MR) is 125 cm³/mol. The maximum absolute atomic E-state index is 13.2. The highest BCUT2D eigenvalue weighted by atomic mass is 16.5. The lowest BCUT2D eigenvalue weighted by Gasteiger charge is -2.27. The molecule has 1 atom stereocenters. The van der Waals surface area contributed by atoms with E-state index >= 15 is 0 Å². The van der Waals surface area contributed by atoms with E-state index in [1.165, 1.54) is 4.90 Å². The van der Waals surface area contributed by atoms with Crippen LogP contribution in [-0.2, 0) is 9.59 Å². The summed E-state index contributed by atoms with van der Waals surface area (Å²) in [7, 11) is 0. The van der Waals surface area contributed by atoms with Gasteiger partial charge in [0.2, 0.25) is 0 Å². The van der Waals surface area contributed by atoms with E-state index in [4.69, 9.17) is 4.74 Å². The smallest absolute Gasteiger partial charge is 0.300 e. The van der Waals surface area contributed by atoms with Crippen LogP contribution in [0.5, 0.6) is 5.75 Å². The van der Waals surface area contributed by atoms with E-state index in [2.05, 4.69) is 0 Å². The molecular weight excluding hydrogens is 402 g/mol. The Labute approximate surface area is 187 Å². The standard InChI is InChI=1S/C27H25NO4/c1-4-32-21-13-11-20(12-14-21)25(29)23-24(19-8-6-5-7-9-19)28(27(31)26(23)30)22-15-10-17(2)16-18(22)3/h5-16,24,29H,4H2,1-3H3/b25-23+. The summed E-state index contributed by atoms with van der Waals surface area (Å²) in [5, 5.41) is 11.2.